The Kier molecular flexibility index (Phi) is 7.47. The molecule has 0 aliphatic rings. The molecule has 0 saturated carbocycles. The lowest BCUT2D eigenvalue weighted by molar-refractivity contribution is -0.137. The predicted molar refractivity (Wildman–Crippen MR) is 106 cm³/mol. The molecule has 2 aromatic rings. The molecule has 2 rings (SSSR count). The summed E-state index contributed by atoms with van der Waals surface area (Å²) < 4.78 is 43.3. The zero-order valence-corrected chi connectivity index (χ0v) is 16.1. The van der Waals surface area contributed by atoms with Crippen molar-refractivity contribution in [3.63, 3.8) is 0 Å². The van der Waals surface area contributed by atoms with E-state index in [9.17, 15) is 13.2 Å². The van der Waals surface area contributed by atoms with Crippen LogP contribution >= 0.6 is 12.2 Å². The van der Waals surface area contributed by atoms with Crippen LogP contribution in [0.1, 0.15) is 31.4 Å². The maximum Gasteiger partial charge on any atom is 0.416 e. The molecule has 0 spiro atoms. The molecule has 27 heavy (non-hydrogen) atoms. The van der Waals surface area contributed by atoms with E-state index in [-0.39, 0.29) is 6.10 Å². The van der Waals surface area contributed by atoms with E-state index < -0.39 is 11.7 Å². The Labute approximate surface area is 162 Å². The Bertz CT molecular complexity index is 746. The van der Waals surface area contributed by atoms with Crippen molar-refractivity contribution in [2.24, 2.45) is 0 Å². The highest BCUT2D eigenvalue weighted by atomic mass is 32.1. The molecule has 2 N–H and O–H groups in total. The van der Waals surface area contributed by atoms with Gasteiger partial charge in [-0.3, -0.25) is 0 Å². The number of rotatable bonds is 7. The topological polar surface area (TPSA) is 33.3 Å². The largest absolute Gasteiger partial charge is 0.491 e. The number of halogens is 3. The van der Waals surface area contributed by atoms with Gasteiger partial charge in [-0.15, -0.1) is 0 Å². The molecule has 0 bridgehead atoms. The van der Waals surface area contributed by atoms with E-state index in [2.05, 4.69) is 10.6 Å². The first-order valence-electron chi connectivity index (χ1n) is 8.72. The van der Waals surface area contributed by atoms with Crippen molar-refractivity contribution in [2.75, 3.05) is 11.9 Å². The summed E-state index contributed by atoms with van der Waals surface area (Å²) in [5, 5.41) is 6.32. The highest BCUT2D eigenvalue weighted by molar-refractivity contribution is 7.80. The standard InChI is InChI=1S/C20H23F3N2OS/c1-14(2)26-18-7-3-5-15(13-18)6-4-12-24-19(27)25-17-10-8-16(9-11-17)20(21,22)23/h3,5,7-11,13-14H,4,6,12H2,1-2H3,(H2,24,25,27). The zero-order valence-electron chi connectivity index (χ0n) is 15.3. The van der Waals surface area contributed by atoms with Crippen LogP contribution in [-0.4, -0.2) is 17.8 Å². The highest BCUT2D eigenvalue weighted by Gasteiger charge is 2.29. The van der Waals surface area contributed by atoms with Crippen molar-refractivity contribution in [3.05, 3.63) is 59.7 Å². The molecule has 0 fully saturated rings. The van der Waals surface area contributed by atoms with Crippen LogP contribution in [-0.2, 0) is 12.6 Å². The smallest absolute Gasteiger partial charge is 0.416 e. The normalized spacial score (nSPS) is 11.3. The minimum Gasteiger partial charge on any atom is -0.491 e. The summed E-state index contributed by atoms with van der Waals surface area (Å²) in [6.07, 6.45) is -2.48. The molecule has 0 atom stereocenters. The van der Waals surface area contributed by atoms with Gasteiger partial charge in [-0.05, 0) is 80.9 Å². The molecule has 146 valence electrons. The molecule has 0 unspecified atom stereocenters. The molecule has 0 aromatic heterocycles. The zero-order chi connectivity index (χ0) is 19.9. The van der Waals surface area contributed by atoms with Crippen LogP contribution in [0.25, 0.3) is 0 Å². The van der Waals surface area contributed by atoms with Crippen molar-refractivity contribution in [1.82, 2.24) is 5.32 Å². The lowest BCUT2D eigenvalue weighted by atomic mass is 10.1. The van der Waals surface area contributed by atoms with Crippen molar-refractivity contribution < 1.29 is 17.9 Å². The highest BCUT2D eigenvalue weighted by Crippen LogP contribution is 2.29. The Balaban J connectivity index is 1.73. The second-order valence-corrected chi connectivity index (χ2v) is 6.78. The summed E-state index contributed by atoms with van der Waals surface area (Å²) in [4.78, 5) is 0. The van der Waals surface area contributed by atoms with Gasteiger partial charge in [0.1, 0.15) is 5.75 Å². The number of ether oxygens (including phenoxy) is 1. The Hall–Kier alpha value is -2.28. The van der Waals surface area contributed by atoms with Gasteiger partial charge in [-0.1, -0.05) is 12.1 Å². The minimum atomic E-state index is -4.34. The van der Waals surface area contributed by atoms with Gasteiger partial charge in [-0.2, -0.15) is 13.2 Å². The molecular formula is C20H23F3N2OS. The summed E-state index contributed by atoms with van der Waals surface area (Å²) in [5.41, 5.74) is 1.01. The summed E-state index contributed by atoms with van der Waals surface area (Å²) in [6.45, 7) is 4.63. The average Bonchev–Trinajstić information content (AvgIpc) is 2.58. The van der Waals surface area contributed by atoms with E-state index in [1.54, 1.807) is 0 Å². The minimum absolute atomic E-state index is 0.135. The number of thiocarbonyl (C=S) groups is 1. The number of aryl methyl sites for hydroxylation is 1. The second kappa shape index (κ2) is 9.60. The molecule has 0 amide bonds. The molecule has 2 aromatic carbocycles. The van der Waals surface area contributed by atoms with Gasteiger partial charge >= 0.3 is 6.18 Å². The fourth-order valence-electron chi connectivity index (χ4n) is 2.46. The molecule has 0 radical (unpaired) electrons. The van der Waals surface area contributed by atoms with Crippen LogP contribution in [0.3, 0.4) is 0 Å². The van der Waals surface area contributed by atoms with Crippen LogP contribution in [0.2, 0.25) is 0 Å². The van der Waals surface area contributed by atoms with Crippen LogP contribution < -0.4 is 15.4 Å². The number of anilines is 1. The number of benzene rings is 2. The molecule has 3 nitrogen and oxygen atoms in total. The summed E-state index contributed by atoms with van der Waals surface area (Å²) in [6, 6.07) is 12.7. The fraction of sp³-hybridized carbons (Fsp3) is 0.350. The second-order valence-electron chi connectivity index (χ2n) is 6.37. The van der Waals surface area contributed by atoms with Crippen LogP contribution in [0, 0.1) is 0 Å². The predicted octanol–water partition coefficient (Wildman–Crippen LogP) is 5.41. The number of nitrogens with one attached hydrogen (secondary N) is 2. The quantitative estimate of drug-likeness (QED) is 0.484. The monoisotopic (exact) mass is 396 g/mol. The van der Waals surface area contributed by atoms with Crippen molar-refractivity contribution >= 4 is 23.0 Å². The molecule has 7 heteroatoms. The van der Waals surface area contributed by atoms with Gasteiger partial charge in [-0.25, -0.2) is 0 Å². The maximum absolute atomic E-state index is 12.5. The van der Waals surface area contributed by atoms with E-state index in [0.29, 0.717) is 17.3 Å². The lowest BCUT2D eigenvalue weighted by Crippen LogP contribution is -2.29. The van der Waals surface area contributed by atoms with E-state index in [1.165, 1.54) is 17.7 Å². The van der Waals surface area contributed by atoms with Crippen molar-refractivity contribution in [1.29, 1.82) is 0 Å². The Morgan fingerprint density at radius 2 is 1.81 bits per heavy atom. The lowest BCUT2D eigenvalue weighted by Gasteiger charge is -2.13. The van der Waals surface area contributed by atoms with Crippen molar-refractivity contribution in [3.8, 4) is 5.75 Å². The first-order chi connectivity index (χ1) is 12.7. The van der Waals surface area contributed by atoms with Crippen molar-refractivity contribution in [2.45, 2.75) is 39.0 Å². The third kappa shape index (κ3) is 7.46. The fourth-order valence-corrected chi connectivity index (χ4v) is 2.68. The van der Waals surface area contributed by atoms with Gasteiger partial charge in [0.05, 0.1) is 11.7 Å². The van der Waals surface area contributed by atoms with Gasteiger partial charge in [0.15, 0.2) is 5.11 Å². The average molecular weight is 396 g/mol. The van der Waals surface area contributed by atoms with E-state index in [0.717, 1.165) is 30.7 Å². The van der Waals surface area contributed by atoms with E-state index >= 15 is 0 Å². The molecule has 0 aliphatic heterocycles. The Morgan fingerprint density at radius 1 is 1.11 bits per heavy atom. The third-order valence-corrected chi connectivity index (χ3v) is 3.91. The number of hydrogen-bond acceptors (Lipinski definition) is 2. The van der Waals surface area contributed by atoms with Crippen LogP contribution in [0.4, 0.5) is 18.9 Å². The molecule has 0 saturated heterocycles. The van der Waals surface area contributed by atoms with Crippen LogP contribution in [0.15, 0.2) is 48.5 Å². The van der Waals surface area contributed by atoms with E-state index in [4.69, 9.17) is 17.0 Å². The first-order valence-corrected chi connectivity index (χ1v) is 9.12. The van der Waals surface area contributed by atoms with Gasteiger partial charge < -0.3 is 15.4 Å². The summed E-state index contributed by atoms with van der Waals surface area (Å²) in [5.74, 6) is 0.856. The Morgan fingerprint density at radius 3 is 2.44 bits per heavy atom. The first kappa shape index (κ1) is 21.0. The SMILES string of the molecule is CC(C)Oc1cccc(CCCNC(=S)Nc2ccc(C(F)(F)F)cc2)c1. The summed E-state index contributed by atoms with van der Waals surface area (Å²) in [7, 11) is 0. The molecule has 0 heterocycles. The van der Waals surface area contributed by atoms with Gasteiger partial charge in [0, 0.05) is 12.2 Å². The summed E-state index contributed by atoms with van der Waals surface area (Å²) >= 11 is 5.18. The third-order valence-electron chi connectivity index (χ3n) is 3.67. The number of alkyl halides is 3. The van der Waals surface area contributed by atoms with Gasteiger partial charge in [0.25, 0.3) is 0 Å². The number of hydrogen-bond donors (Lipinski definition) is 2. The maximum atomic E-state index is 12.5. The van der Waals surface area contributed by atoms with E-state index in [1.807, 2.05) is 38.1 Å². The van der Waals surface area contributed by atoms with Crippen LogP contribution in [0.5, 0.6) is 5.75 Å². The molecule has 0 aliphatic carbocycles. The molecular weight excluding hydrogens is 373 g/mol. The van der Waals surface area contributed by atoms with Gasteiger partial charge in [0.2, 0.25) is 0 Å².